The predicted octanol–water partition coefficient (Wildman–Crippen LogP) is 9.79. The summed E-state index contributed by atoms with van der Waals surface area (Å²) in [6.45, 7) is 24.3. The van der Waals surface area contributed by atoms with Gasteiger partial charge in [0.25, 0.3) is 0 Å². The third-order valence-corrected chi connectivity index (χ3v) is 6.29. The Morgan fingerprint density at radius 1 is 0.318 bits per heavy atom. The zero-order valence-electron chi connectivity index (χ0n) is 45.6. The number of unbranched alkanes of at least 4 members (excludes halogenated alkanes) is 1. The molecule has 0 saturated carbocycles. The van der Waals surface area contributed by atoms with E-state index >= 15 is 0 Å². The number of ether oxygens (including phenoxy) is 17. The second-order valence-electron chi connectivity index (χ2n) is 11.9. The van der Waals surface area contributed by atoms with Crippen molar-refractivity contribution in [2.75, 3.05) is 166 Å². The summed E-state index contributed by atoms with van der Waals surface area (Å²) in [5.41, 5.74) is 4.12. The minimum absolute atomic E-state index is 0.210. The number of hydrogen-bond acceptors (Lipinski definition) is 17. The van der Waals surface area contributed by atoms with Crippen molar-refractivity contribution in [1.82, 2.24) is 0 Å². The fraction of sp³-hybridized carbons (Fsp3) is 0.755. The van der Waals surface area contributed by atoms with E-state index in [0.717, 1.165) is 38.4 Å². The molecule has 0 saturated heterocycles. The van der Waals surface area contributed by atoms with Gasteiger partial charge in [0.2, 0.25) is 0 Å². The number of rotatable bonds is 26. The molecule has 0 fully saturated rings. The Morgan fingerprint density at radius 2 is 0.621 bits per heavy atom. The molecule has 0 atom stereocenters. The summed E-state index contributed by atoms with van der Waals surface area (Å²) in [7, 11) is 17.6. The van der Waals surface area contributed by atoms with Crippen molar-refractivity contribution in [1.29, 1.82) is 0 Å². The van der Waals surface area contributed by atoms with Crippen molar-refractivity contribution in [3.63, 3.8) is 0 Å². The molecule has 0 unspecified atom stereocenters. The van der Waals surface area contributed by atoms with Crippen LogP contribution in [0.4, 0.5) is 0 Å². The van der Waals surface area contributed by atoms with Crippen molar-refractivity contribution in [3.05, 3.63) is 65.2 Å². The van der Waals surface area contributed by atoms with E-state index < -0.39 is 0 Å². The molecule has 0 N–H and O–H groups in total. The molecule has 2 aromatic carbocycles. The molecule has 17 heteroatoms. The highest BCUT2D eigenvalue weighted by atomic mass is 16.8. The fourth-order valence-corrected chi connectivity index (χ4v) is 2.85. The average Bonchev–Trinajstić information content (AvgIpc) is 3.36. The van der Waals surface area contributed by atoms with Crippen molar-refractivity contribution < 1.29 is 80.5 Å². The monoisotopic (exact) mass is 963 g/mol. The van der Waals surface area contributed by atoms with E-state index in [2.05, 4.69) is 104 Å². The molecule has 0 radical (unpaired) electrons. The van der Waals surface area contributed by atoms with Gasteiger partial charge in [-0.15, -0.1) is 0 Å². The van der Waals surface area contributed by atoms with E-state index in [1.165, 1.54) is 29.5 Å². The van der Waals surface area contributed by atoms with Crippen LogP contribution >= 0.6 is 0 Å². The second-order valence-corrected chi connectivity index (χ2v) is 11.9. The highest BCUT2D eigenvalue weighted by molar-refractivity contribution is 5.27. The zero-order valence-corrected chi connectivity index (χ0v) is 45.6. The van der Waals surface area contributed by atoms with Crippen molar-refractivity contribution in [3.8, 4) is 5.75 Å². The number of hydrogen-bond donors (Lipinski definition) is 0. The normalized spacial score (nSPS) is 9.09. The Hall–Kier alpha value is -2.40. The van der Waals surface area contributed by atoms with E-state index in [4.69, 9.17) is 28.4 Å². The van der Waals surface area contributed by atoms with Crippen LogP contribution in [0.2, 0.25) is 0 Å². The topological polar surface area (TPSA) is 157 Å². The second kappa shape index (κ2) is 89.2. The van der Waals surface area contributed by atoms with Crippen molar-refractivity contribution in [2.45, 2.75) is 88.0 Å². The predicted molar refractivity (Wildman–Crippen MR) is 266 cm³/mol. The van der Waals surface area contributed by atoms with E-state index in [0.29, 0.717) is 47.4 Å². The van der Waals surface area contributed by atoms with E-state index in [-0.39, 0.29) is 20.4 Å². The summed E-state index contributed by atoms with van der Waals surface area (Å²) < 4.78 is 79.0. The maximum atomic E-state index is 5.00. The van der Waals surface area contributed by atoms with Crippen LogP contribution in [0.3, 0.4) is 0 Å². The molecule has 0 aromatic heterocycles. The third kappa shape index (κ3) is 104. The van der Waals surface area contributed by atoms with Gasteiger partial charge in [0.05, 0.1) is 7.11 Å². The van der Waals surface area contributed by atoms with Gasteiger partial charge < -0.3 is 80.5 Å². The Balaban J connectivity index is -0.0000000960. The molecule has 400 valence electrons. The van der Waals surface area contributed by atoms with Gasteiger partial charge in [-0.3, -0.25) is 0 Å². The lowest BCUT2D eigenvalue weighted by molar-refractivity contribution is -0.157. The highest BCUT2D eigenvalue weighted by Gasteiger charge is 1.90. The van der Waals surface area contributed by atoms with E-state index in [9.17, 15) is 0 Å². The SMILES string of the molecule is CCCC.CCOC.CCOC.CCOCOC.CCOCOCOC.CCc1cccc(CC)c1.COCOC.COCOCOC.COCOCOCOC.COc1cccc(C)c1. The van der Waals surface area contributed by atoms with Gasteiger partial charge >= 0.3 is 0 Å². The largest absolute Gasteiger partial charge is 0.497 e. The van der Waals surface area contributed by atoms with Crippen LogP contribution in [-0.2, 0) is 88.6 Å². The molecule has 0 heterocycles. The highest BCUT2D eigenvalue weighted by Crippen LogP contribution is 2.10. The Labute approximate surface area is 404 Å². The maximum Gasteiger partial charge on any atom is 0.152 e. The van der Waals surface area contributed by atoms with E-state index in [1.54, 1.807) is 78.2 Å². The Morgan fingerprint density at radius 3 is 0.848 bits per heavy atom. The first-order valence-electron chi connectivity index (χ1n) is 22.1. The molecular formula is C49H102O17. The van der Waals surface area contributed by atoms with Crippen LogP contribution in [-0.4, -0.2) is 166 Å². The van der Waals surface area contributed by atoms with Gasteiger partial charge in [0.1, 0.15) is 60.1 Å². The van der Waals surface area contributed by atoms with Gasteiger partial charge in [0, 0.05) is 97.5 Å². The zero-order chi connectivity index (χ0) is 52.0. The average molecular weight is 963 g/mol. The maximum absolute atomic E-state index is 5.00. The smallest absolute Gasteiger partial charge is 0.152 e. The van der Waals surface area contributed by atoms with E-state index in [1.807, 2.05) is 58.9 Å². The lowest BCUT2D eigenvalue weighted by atomic mass is 10.1. The summed E-state index contributed by atoms with van der Waals surface area (Å²) in [4.78, 5) is 0. The number of methoxy groups -OCH3 is 11. The molecule has 0 aliphatic rings. The first kappa shape index (κ1) is 80.6. The standard InChI is InChI=1S/C10H14.C8H10O.C5H12O4.C5H12O3.C4H10O3.C4H10O2.C4H10.C3H8O2.2C3H8O/c1-3-9-6-5-7-10(4-2)8-9;1-7-4-3-5-8(6-7)9-2;1-6-3-8-5-9-4-7-2;1-3-7-5-8-4-6-2;1-5-3-7-4-6-2;1-3-6-4-5-2;1-3-4-2;1-4-3-5-2;2*1-3-4-2/h5-8H,3-4H2,1-2H3;3-6H,1-2H3;3-5H2,1-2H3;3-5H2,1-2H3;3-4H2,1-2H3;3-4H2,1-2H3;3-4H2,1-2H3;3H2,1-2H3;2*3H2,1-2H3. The molecule has 0 aliphatic carbocycles. The van der Waals surface area contributed by atoms with Crippen LogP contribution < -0.4 is 4.74 Å². The molecule has 0 aliphatic heterocycles. The molecule has 2 rings (SSSR count). The van der Waals surface area contributed by atoms with Crippen LogP contribution in [0.25, 0.3) is 0 Å². The summed E-state index contributed by atoms with van der Waals surface area (Å²) >= 11 is 0. The Bertz CT molecular complexity index is 938. The van der Waals surface area contributed by atoms with Gasteiger partial charge in [-0.1, -0.05) is 76.9 Å². The first-order valence-corrected chi connectivity index (χ1v) is 22.1. The van der Waals surface area contributed by atoms with Gasteiger partial charge in [-0.05, 0) is 76.3 Å². The number of benzene rings is 2. The number of aryl methyl sites for hydroxylation is 3. The minimum Gasteiger partial charge on any atom is -0.497 e. The van der Waals surface area contributed by atoms with Gasteiger partial charge in [-0.2, -0.15) is 0 Å². The van der Waals surface area contributed by atoms with Crippen molar-refractivity contribution >= 4 is 0 Å². The summed E-state index contributed by atoms with van der Waals surface area (Å²) in [5, 5.41) is 0. The third-order valence-electron chi connectivity index (χ3n) is 6.29. The van der Waals surface area contributed by atoms with Crippen molar-refractivity contribution in [2.24, 2.45) is 0 Å². The molecule has 17 nitrogen and oxygen atoms in total. The summed E-state index contributed by atoms with van der Waals surface area (Å²) in [5.74, 6) is 0.926. The fourth-order valence-electron chi connectivity index (χ4n) is 2.85. The molecule has 0 amide bonds. The molecule has 0 spiro atoms. The molecule has 0 bridgehead atoms. The van der Waals surface area contributed by atoms with Crippen LogP contribution in [0, 0.1) is 6.92 Å². The quantitative estimate of drug-likeness (QED) is 0.0648. The minimum atomic E-state index is 0.210. The van der Waals surface area contributed by atoms with Crippen LogP contribution in [0.15, 0.2) is 48.5 Å². The lowest BCUT2D eigenvalue weighted by Gasteiger charge is -2.01. The Kier molecular flexibility index (Phi) is 109. The van der Waals surface area contributed by atoms with Gasteiger partial charge in [-0.25, -0.2) is 0 Å². The summed E-state index contributed by atoms with van der Waals surface area (Å²) in [6.07, 6.45) is 4.93. The molecule has 66 heavy (non-hydrogen) atoms. The molecule has 2 aromatic rings. The van der Waals surface area contributed by atoms with Crippen LogP contribution in [0.1, 0.15) is 84.9 Å². The van der Waals surface area contributed by atoms with Crippen LogP contribution in [0.5, 0.6) is 5.75 Å². The lowest BCUT2D eigenvalue weighted by Crippen LogP contribution is -2.04. The van der Waals surface area contributed by atoms with Gasteiger partial charge in [0.15, 0.2) is 6.79 Å². The molecular weight excluding hydrogens is 861 g/mol. The summed E-state index contributed by atoms with van der Waals surface area (Å²) in [6, 6.07) is 16.7. The first-order chi connectivity index (χ1) is 32.0.